The fourth-order valence-corrected chi connectivity index (χ4v) is 3.93. The number of aromatic amines is 2. The molecule has 5 aromatic heterocycles. The van der Waals surface area contributed by atoms with Crippen molar-refractivity contribution in [3.8, 4) is 22.6 Å². The van der Waals surface area contributed by atoms with Crippen molar-refractivity contribution in [3.63, 3.8) is 0 Å². The molecule has 174 valence electrons. The molecule has 0 atom stereocenters. The van der Waals surface area contributed by atoms with E-state index in [4.69, 9.17) is 0 Å². The van der Waals surface area contributed by atoms with Gasteiger partial charge in [-0.3, -0.25) is 19.7 Å². The van der Waals surface area contributed by atoms with Crippen LogP contribution in [0, 0.1) is 5.92 Å². The highest BCUT2D eigenvalue weighted by atomic mass is 16.2. The van der Waals surface area contributed by atoms with Gasteiger partial charge in [0.25, 0.3) is 5.91 Å². The Balaban J connectivity index is 1.39. The van der Waals surface area contributed by atoms with Crippen LogP contribution in [-0.4, -0.2) is 65.9 Å². The molecule has 0 saturated heterocycles. The summed E-state index contributed by atoms with van der Waals surface area (Å²) >= 11 is 0. The molecule has 0 spiro atoms. The highest BCUT2D eigenvalue weighted by molar-refractivity contribution is 6.04. The Kier molecular flexibility index (Phi) is 4.76. The van der Waals surface area contributed by atoms with Gasteiger partial charge in [-0.15, -0.1) is 0 Å². The fraction of sp³-hybridized carbons (Fsp3) is 0.208. The molecule has 11 nitrogen and oxygen atoms in total. The second-order valence-electron chi connectivity index (χ2n) is 8.76. The average molecular weight is 467 g/mol. The molecule has 6 rings (SSSR count). The van der Waals surface area contributed by atoms with Crippen LogP contribution in [0.3, 0.4) is 0 Å². The van der Waals surface area contributed by atoms with Gasteiger partial charge < -0.3 is 15.2 Å². The Morgan fingerprint density at radius 3 is 2.69 bits per heavy atom. The Morgan fingerprint density at radius 1 is 1.06 bits per heavy atom. The molecule has 0 bridgehead atoms. The summed E-state index contributed by atoms with van der Waals surface area (Å²) in [5, 5.41) is 11.0. The van der Waals surface area contributed by atoms with Crippen LogP contribution < -0.4 is 5.32 Å². The maximum absolute atomic E-state index is 12.6. The van der Waals surface area contributed by atoms with Gasteiger partial charge >= 0.3 is 0 Å². The number of carbonyl (C=O) groups is 2. The molecular formula is C24H21N9O2. The predicted octanol–water partition coefficient (Wildman–Crippen LogP) is 3.01. The maximum Gasteiger partial charge on any atom is 0.255 e. The van der Waals surface area contributed by atoms with Crippen molar-refractivity contribution >= 4 is 39.7 Å². The molecule has 0 unspecified atom stereocenters. The van der Waals surface area contributed by atoms with E-state index in [9.17, 15) is 9.59 Å². The third-order valence-electron chi connectivity index (χ3n) is 5.95. The van der Waals surface area contributed by atoms with Crippen LogP contribution in [-0.2, 0) is 4.79 Å². The largest absolute Gasteiger partial charge is 0.345 e. The number of carbonyl (C=O) groups excluding carboxylic acids is 2. The Bertz CT molecular complexity index is 1610. The van der Waals surface area contributed by atoms with E-state index in [1.807, 2.05) is 12.1 Å². The summed E-state index contributed by atoms with van der Waals surface area (Å²) < 4.78 is 0. The fourth-order valence-electron chi connectivity index (χ4n) is 3.93. The van der Waals surface area contributed by atoms with Crippen molar-refractivity contribution in [2.75, 3.05) is 19.4 Å². The number of anilines is 1. The molecule has 1 fully saturated rings. The van der Waals surface area contributed by atoms with E-state index in [0.717, 1.165) is 29.4 Å². The maximum atomic E-state index is 12.6. The lowest BCUT2D eigenvalue weighted by atomic mass is 10.1. The number of imidazole rings is 1. The summed E-state index contributed by atoms with van der Waals surface area (Å²) in [4.78, 5) is 47.1. The number of fused-ring (bicyclic) bond motifs is 2. The minimum atomic E-state index is -0.160. The lowest BCUT2D eigenvalue weighted by Crippen LogP contribution is -2.22. The van der Waals surface area contributed by atoms with Gasteiger partial charge in [-0.05, 0) is 31.0 Å². The van der Waals surface area contributed by atoms with Crippen LogP contribution >= 0.6 is 0 Å². The monoisotopic (exact) mass is 467 g/mol. The van der Waals surface area contributed by atoms with Gasteiger partial charge in [0.15, 0.2) is 17.1 Å². The zero-order chi connectivity index (χ0) is 24.1. The van der Waals surface area contributed by atoms with Crippen LogP contribution in [0.15, 0.2) is 43.0 Å². The number of nitrogens with one attached hydrogen (secondary N) is 3. The smallest absolute Gasteiger partial charge is 0.255 e. The molecular weight excluding hydrogens is 446 g/mol. The summed E-state index contributed by atoms with van der Waals surface area (Å²) in [7, 11) is 3.38. The van der Waals surface area contributed by atoms with Crippen LogP contribution in [0.5, 0.6) is 0 Å². The van der Waals surface area contributed by atoms with E-state index >= 15 is 0 Å². The number of aromatic nitrogens is 7. The standard InChI is InChI=1S/C24H21N9O2/c1-33(2)24(35)16-5-6-26-21-18(16)29-22(30-21)19-17-8-14(10-27-20(17)32-31-19)13-7-15(11-25-9-13)28-23(34)12-3-4-12/h5-12H,3-4H2,1-2H3,(H,28,34)(H,26,29,30)(H,27,31,32). The van der Waals surface area contributed by atoms with Crippen LogP contribution in [0.2, 0.25) is 0 Å². The second kappa shape index (κ2) is 7.97. The molecule has 0 radical (unpaired) electrons. The summed E-state index contributed by atoms with van der Waals surface area (Å²) in [6, 6.07) is 5.47. The van der Waals surface area contributed by atoms with Crippen molar-refractivity contribution < 1.29 is 9.59 Å². The second-order valence-corrected chi connectivity index (χ2v) is 8.76. The topological polar surface area (TPSA) is 145 Å². The van der Waals surface area contributed by atoms with Crippen molar-refractivity contribution in [2.24, 2.45) is 5.92 Å². The van der Waals surface area contributed by atoms with Gasteiger partial charge in [-0.25, -0.2) is 15.0 Å². The normalized spacial score (nSPS) is 13.3. The molecule has 1 saturated carbocycles. The molecule has 1 aliphatic rings. The zero-order valence-electron chi connectivity index (χ0n) is 19.0. The molecule has 0 aliphatic heterocycles. The van der Waals surface area contributed by atoms with Crippen molar-refractivity contribution in [3.05, 3.63) is 48.5 Å². The number of hydrogen-bond acceptors (Lipinski definition) is 7. The number of nitrogens with zero attached hydrogens (tertiary/aromatic N) is 6. The van der Waals surface area contributed by atoms with Crippen molar-refractivity contribution in [2.45, 2.75) is 12.8 Å². The predicted molar refractivity (Wildman–Crippen MR) is 129 cm³/mol. The van der Waals surface area contributed by atoms with Crippen LogP contribution in [0.1, 0.15) is 23.2 Å². The van der Waals surface area contributed by atoms with Gasteiger partial charge in [-0.2, -0.15) is 5.10 Å². The Labute approximate surface area is 199 Å². The number of amides is 2. The number of rotatable bonds is 5. The summed E-state index contributed by atoms with van der Waals surface area (Å²) in [5.41, 5.74) is 4.85. The first-order valence-corrected chi connectivity index (χ1v) is 11.1. The summed E-state index contributed by atoms with van der Waals surface area (Å²) in [6.45, 7) is 0. The van der Waals surface area contributed by atoms with Gasteiger partial charge in [0.05, 0.1) is 22.8 Å². The van der Waals surface area contributed by atoms with Crippen molar-refractivity contribution in [1.82, 2.24) is 40.0 Å². The van der Waals surface area contributed by atoms with Crippen LogP contribution in [0.4, 0.5) is 5.69 Å². The van der Waals surface area contributed by atoms with Gasteiger partial charge in [0.2, 0.25) is 5.91 Å². The minimum absolute atomic E-state index is 0.0280. The third-order valence-corrected chi connectivity index (χ3v) is 5.95. The molecule has 5 aromatic rings. The van der Waals surface area contributed by atoms with E-state index in [1.165, 1.54) is 4.90 Å². The summed E-state index contributed by atoms with van der Waals surface area (Å²) in [5.74, 6) is 0.449. The first-order chi connectivity index (χ1) is 17.0. The molecule has 2 amide bonds. The number of hydrogen-bond donors (Lipinski definition) is 3. The molecule has 11 heteroatoms. The highest BCUT2D eigenvalue weighted by Gasteiger charge is 2.29. The first-order valence-electron chi connectivity index (χ1n) is 11.1. The number of pyridine rings is 3. The van der Waals surface area contributed by atoms with Gasteiger partial charge in [0, 0.05) is 49.7 Å². The first kappa shape index (κ1) is 20.9. The molecule has 3 N–H and O–H groups in total. The van der Waals surface area contributed by atoms with Gasteiger partial charge in [0.1, 0.15) is 11.2 Å². The minimum Gasteiger partial charge on any atom is -0.345 e. The SMILES string of the molecule is CN(C)C(=O)c1ccnc2[nH]c(-c3n[nH]c4ncc(-c5cncc(NC(=O)C6CC6)c5)cc34)nc12. The molecule has 0 aromatic carbocycles. The average Bonchev–Trinajstić information content (AvgIpc) is 3.49. The number of H-pyrrole nitrogens is 2. The van der Waals surface area contributed by atoms with E-state index in [1.54, 1.807) is 44.9 Å². The molecule has 1 aliphatic carbocycles. The molecule has 5 heterocycles. The van der Waals surface area contributed by atoms with Gasteiger partial charge in [-0.1, -0.05) is 0 Å². The highest BCUT2D eigenvalue weighted by Crippen LogP contribution is 2.32. The third kappa shape index (κ3) is 3.76. The zero-order valence-corrected chi connectivity index (χ0v) is 19.0. The van der Waals surface area contributed by atoms with E-state index in [2.05, 4.69) is 40.4 Å². The van der Waals surface area contributed by atoms with E-state index in [0.29, 0.717) is 39.6 Å². The summed E-state index contributed by atoms with van der Waals surface area (Å²) in [6.07, 6.45) is 8.52. The Hall–Kier alpha value is -4.67. The van der Waals surface area contributed by atoms with Crippen molar-refractivity contribution in [1.29, 1.82) is 0 Å². The molecule has 35 heavy (non-hydrogen) atoms. The lowest BCUT2D eigenvalue weighted by molar-refractivity contribution is -0.117. The lowest BCUT2D eigenvalue weighted by Gasteiger charge is -2.09. The quantitative estimate of drug-likeness (QED) is 0.360. The van der Waals surface area contributed by atoms with E-state index < -0.39 is 0 Å². The van der Waals surface area contributed by atoms with E-state index in [-0.39, 0.29) is 17.7 Å². The Morgan fingerprint density at radius 2 is 1.89 bits per heavy atom. The van der Waals surface area contributed by atoms with Crippen LogP contribution in [0.25, 0.3) is 44.8 Å².